The van der Waals surface area contributed by atoms with E-state index in [9.17, 15) is 53.5 Å². The molecule has 354 valence electrons. The number of aliphatic carboxylic acids is 1. The first-order valence-corrected chi connectivity index (χ1v) is 21.6. The number of carboxylic acid groups (broad SMARTS) is 1. The number of aromatic nitrogens is 3. The average Bonchev–Trinajstić information content (AvgIpc) is 3.98. The second kappa shape index (κ2) is 23.7. The third-order valence-electron chi connectivity index (χ3n) is 11.3. The van der Waals surface area contributed by atoms with Crippen molar-refractivity contribution in [2.75, 3.05) is 13.1 Å². The second-order valence-electron chi connectivity index (χ2n) is 16.3. The van der Waals surface area contributed by atoms with Gasteiger partial charge in [-0.2, -0.15) is 4.91 Å². The molecule has 2 aliphatic heterocycles. The number of amides is 7. The van der Waals surface area contributed by atoms with Gasteiger partial charge >= 0.3 is 5.97 Å². The highest BCUT2D eigenvalue weighted by atomic mass is 16.4. The Morgan fingerprint density at radius 1 is 0.848 bits per heavy atom. The molecule has 0 saturated carbocycles. The quantitative estimate of drug-likeness (QED) is 0.0676. The summed E-state index contributed by atoms with van der Waals surface area (Å²) in [5.41, 5.74) is 7.13. The zero-order chi connectivity index (χ0) is 47.9. The van der Waals surface area contributed by atoms with Crippen LogP contribution >= 0.6 is 0 Å². The number of aliphatic hydroxyl groups is 1. The van der Waals surface area contributed by atoms with Gasteiger partial charge < -0.3 is 52.7 Å². The highest BCUT2D eigenvalue weighted by Crippen LogP contribution is 2.21. The molecule has 23 heteroatoms. The van der Waals surface area contributed by atoms with Crippen LogP contribution in [0, 0.1) is 4.91 Å². The lowest BCUT2D eigenvalue weighted by Crippen LogP contribution is -2.62. The Morgan fingerprint density at radius 3 is 2.06 bits per heavy atom. The number of hydrogen-bond acceptors (Lipinski definition) is 14. The number of benzene rings is 2. The van der Waals surface area contributed by atoms with E-state index in [1.807, 2.05) is 0 Å². The number of aryl methyl sites for hydroxylation is 1. The molecule has 0 aliphatic carbocycles. The van der Waals surface area contributed by atoms with E-state index in [1.165, 1.54) is 24.7 Å². The number of rotatable bonds is 16. The van der Waals surface area contributed by atoms with Gasteiger partial charge in [-0.05, 0) is 50.7 Å². The Kier molecular flexibility index (Phi) is 17.9. The monoisotopic (exact) mass is 916 g/mol. The summed E-state index contributed by atoms with van der Waals surface area (Å²) < 4.78 is 1.39. The number of nitrogens with one attached hydrogen (secondary N) is 6. The molecule has 2 aliphatic rings. The molecule has 0 spiro atoms. The molecule has 10 N–H and O–H groups in total. The molecule has 66 heavy (non-hydrogen) atoms. The van der Waals surface area contributed by atoms with Crippen LogP contribution in [0.3, 0.4) is 0 Å². The van der Waals surface area contributed by atoms with Crippen LogP contribution in [-0.4, -0.2) is 145 Å². The van der Waals surface area contributed by atoms with Crippen LogP contribution in [0.4, 0.5) is 0 Å². The first-order valence-electron chi connectivity index (χ1n) is 21.6. The standard InChI is InChI=1S/C43H56N12O11/c1-24(52-66)35(43(64)65)49-40(61)32-21-28-23-54(53-51-28)17-9-15-29(37(58)50-36(25(2)56)42(63)55-18-10-16-33(55)41(62)48-32)46-39(60)31(20-27-13-7-4-8-14-27)47-38(59)30(45-34(57)22-44)19-26-11-5-3-6-12-26/h3-8,11-14,23-25,29-33,35-36,56H,9-10,15-22,44H2,1-2H3,(H,45,57)(H,46,60)(H,47,59)(H,48,62)(H,49,61)(H,50,58)(H,64,65)/t24-,25-,29+,30+,31+,32+,33+,35+,36+/m1/s1. The molecular weight excluding hydrogens is 861 g/mol. The van der Waals surface area contributed by atoms with Crippen molar-refractivity contribution in [1.82, 2.24) is 51.8 Å². The number of nitroso groups, excluding NO2 is 1. The number of nitrogens with two attached hydrogens (primary N) is 1. The summed E-state index contributed by atoms with van der Waals surface area (Å²) >= 11 is 0. The van der Waals surface area contributed by atoms with Gasteiger partial charge in [0.25, 0.3) is 0 Å². The molecule has 0 unspecified atom stereocenters. The summed E-state index contributed by atoms with van der Waals surface area (Å²) in [4.78, 5) is 121. The summed E-state index contributed by atoms with van der Waals surface area (Å²) in [6, 6.07) is 6.48. The molecule has 23 nitrogen and oxygen atoms in total. The van der Waals surface area contributed by atoms with Gasteiger partial charge in [0.15, 0.2) is 6.04 Å². The van der Waals surface area contributed by atoms with Crippen LogP contribution in [0.1, 0.15) is 56.4 Å². The zero-order valence-corrected chi connectivity index (χ0v) is 36.5. The fraction of sp³-hybridized carbons (Fsp3) is 0.488. The minimum atomic E-state index is -1.73. The van der Waals surface area contributed by atoms with Crippen molar-refractivity contribution in [3.63, 3.8) is 0 Å². The van der Waals surface area contributed by atoms with Crippen molar-refractivity contribution in [3.8, 4) is 0 Å². The predicted molar refractivity (Wildman–Crippen MR) is 233 cm³/mol. The maximum Gasteiger partial charge on any atom is 0.328 e. The van der Waals surface area contributed by atoms with Crippen LogP contribution in [0.25, 0.3) is 0 Å². The van der Waals surface area contributed by atoms with Gasteiger partial charge in [-0.15, -0.1) is 5.10 Å². The van der Waals surface area contributed by atoms with E-state index in [0.717, 1.165) is 10.5 Å². The molecule has 1 fully saturated rings. The summed E-state index contributed by atoms with van der Waals surface area (Å²) in [6.07, 6.45) is 0.243. The third kappa shape index (κ3) is 13.7. The van der Waals surface area contributed by atoms with Gasteiger partial charge in [0.2, 0.25) is 41.4 Å². The summed E-state index contributed by atoms with van der Waals surface area (Å²) in [5, 5.41) is 47.0. The van der Waals surface area contributed by atoms with Crippen LogP contribution in [0.5, 0.6) is 0 Å². The van der Waals surface area contributed by atoms with E-state index in [2.05, 4.69) is 47.4 Å². The van der Waals surface area contributed by atoms with Crippen molar-refractivity contribution < 1.29 is 48.6 Å². The van der Waals surface area contributed by atoms with Crippen LogP contribution in [0.2, 0.25) is 0 Å². The maximum absolute atomic E-state index is 14.4. The van der Waals surface area contributed by atoms with Gasteiger partial charge in [-0.1, -0.05) is 71.1 Å². The molecule has 1 aromatic heterocycles. The predicted octanol–water partition coefficient (Wildman–Crippen LogP) is -2.42. The van der Waals surface area contributed by atoms with Crippen LogP contribution in [-0.2, 0) is 64.2 Å². The van der Waals surface area contributed by atoms with Crippen LogP contribution < -0.4 is 37.6 Å². The third-order valence-corrected chi connectivity index (χ3v) is 11.3. The lowest BCUT2D eigenvalue weighted by Gasteiger charge is -2.32. The highest BCUT2D eigenvalue weighted by Gasteiger charge is 2.42. The summed E-state index contributed by atoms with van der Waals surface area (Å²) in [6.45, 7) is 2.20. The highest BCUT2D eigenvalue weighted by molar-refractivity contribution is 5.98. The molecular formula is C43H56N12O11. The number of carbonyl (C=O) groups is 8. The van der Waals surface area contributed by atoms with Crippen molar-refractivity contribution in [1.29, 1.82) is 0 Å². The molecule has 3 aromatic rings. The number of carboxylic acids is 1. The SMILES string of the molecule is C[C@@H](O)[C@@H]1NC(=O)[C@@H](NC(=O)[C@H](Cc2ccccc2)NC(=O)[C@H](Cc2ccccc2)NC(=O)CN)CCCn2cc(nn2)C[C@@H](C(=O)N[C@H](C(=O)O)[C@@H](C)N=O)NC(=O)[C@@H]2CCCN2C1=O. The normalized spacial score (nSPS) is 21.5. The Bertz CT molecular complexity index is 2210. The molecule has 2 aromatic carbocycles. The topological polar surface area (TPSA) is 339 Å². The molecule has 7 amide bonds. The van der Waals surface area contributed by atoms with Crippen molar-refractivity contribution in [2.45, 2.75) is 120 Å². The Labute approximate surface area is 379 Å². The van der Waals surface area contributed by atoms with Crippen molar-refractivity contribution in [3.05, 3.63) is 88.6 Å². The van der Waals surface area contributed by atoms with Gasteiger partial charge in [0, 0.05) is 38.5 Å². The van der Waals surface area contributed by atoms with Gasteiger partial charge in [-0.3, -0.25) is 38.2 Å². The largest absolute Gasteiger partial charge is 0.480 e. The lowest BCUT2D eigenvalue weighted by atomic mass is 10.0. The molecule has 5 rings (SSSR count). The van der Waals surface area contributed by atoms with Crippen LogP contribution in [0.15, 0.2) is 72.0 Å². The first kappa shape index (κ1) is 49.9. The number of nitrogens with zero attached hydrogens (tertiary/aromatic N) is 5. The van der Waals surface area contributed by atoms with E-state index < -0.39 is 108 Å². The molecule has 0 radical (unpaired) electrons. The van der Waals surface area contributed by atoms with Gasteiger partial charge in [0.1, 0.15) is 42.3 Å². The fourth-order valence-corrected chi connectivity index (χ4v) is 7.70. The second-order valence-corrected chi connectivity index (χ2v) is 16.3. The van der Waals surface area contributed by atoms with E-state index in [0.29, 0.717) is 12.0 Å². The first-order chi connectivity index (χ1) is 31.6. The van der Waals surface area contributed by atoms with E-state index >= 15 is 0 Å². The number of carbonyl (C=O) groups excluding carboxylic acids is 7. The van der Waals surface area contributed by atoms with E-state index in [4.69, 9.17) is 5.73 Å². The minimum Gasteiger partial charge on any atom is -0.480 e. The molecule has 3 heterocycles. The Morgan fingerprint density at radius 2 is 1.47 bits per heavy atom. The average molecular weight is 917 g/mol. The summed E-state index contributed by atoms with van der Waals surface area (Å²) in [7, 11) is 0. The lowest BCUT2D eigenvalue weighted by molar-refractivity contribution is -0.145. The van der Waals surface area contributed by atoms with Crippen molar-refractivity contribution >= 4 is 47.3 Å². The molecule has 2 bridgehead atoms. The number of hydrogen-bond donors (Lipinski definition) is 9. The van der Waals surface area contributed by atoms with Crippen molar-refractivity contribution in [2.24, 2.45) is 10.9 Å². The smallest absolute Gasteiger partial charge is 0.328 e. The zero-order valence-electron chi connectivity index (χ0n) is 36.5. The minimum absolute atomic E-state index is 0.0306. The number of fused-ring (bicyclic) bond motifs is 3. The Hall–Kier alpha value is -7.14. The number of aliphatic hydroxyl groups excluding tert-OH is 1. The molecule has 1 saturated heterocycles. The van der Waals surface area contributed by atoms with E-state index in [-0.39, 0.29) is 57.3 Å². The van der Waals surface area contributed by atoms with Gasteiger partial charge in [0.05, 0.1) is 18.3 Å². The summed E-state index contributed by atoms with van der Waals surface area (Å²) in [5.74, 6) is -7.09. The fourth-order valence-electron chi connectivity index (χ4n) is 7.70. The molecule has 9 atom stereocenters. The maximum atomic E-state index is 14.4. The van der Waals surface area contributed by atoms with Gasteiger partial charge in [-0.25, -0.2) is 4.79 Å². The van der Waals surface area contributed by atoms with E-state index in [1.54, 1.807) is 60.7 Å². The Balaban J connectivity index is 1.44.